The number of carbonyl (C=O) groups is 1. The van der Waals surface area contributed by atoms with E-state index in [0.717, 1.165) is 16.8 Å². The van der Waals surface area contributed by atoms with Gasteiger partial charge in [-0.05, 0) is 36.2 Å². The van der Waals surface area contributed by atoms with Crippen LogP contribution in [0.1, 0.15) is 21.5 Å². The second-order valence-corrected chi connectivity index (χ2v) is 4.99. The van der Waals surface area contributed by atoms with Gasteiger partial charge in [-0.25, -0.2) is 0 Å². The summed E-state index contributed by atoms with van der Waals surface area (Å²) in [5.41, 5.74) is 3.44. The van der Waals surface area contributed by atoms with Gasteiger partial charge in [-0.1, -0.05) is 40.2 Å². The number of carbonyl (C=O) groups excluding carboxylic acids is 1. The minimum Gasteiger partial charge on any atom is -0.496 e. The molecule has 0 saturated carbocycles. The average Bonchev–Trinajstić information content (AvgIpc) is 2.48. The Labute approximate surface area is 127 Å². The molecule has 3 nitrogen and oxygen atoms in total. The van der Waals surface area contributed by atoms with E-state index in [9.17, 15) is 4.79 Å². The van der Waals surface area contributed by atoms with Crippen molar-refractivity contribution in [2.24, 2.45) is 0 Å². The number of methoxy groups -OCH3 is 1. The summed E-state index contributed by atoms with van der Waals surface area (Å²) in [4.78, 5) is 12.3. The third-order valence-electron chi connectivity index (χ3n) is 3.08. The standard InChI is InChI=1S/C16H16BrNO2/c1-11-7-8-12(9-15(11)20-2)16(19)18-14-6-4-3-5-13(14)10-17/h3-9H,10H2,1-2H3,(H,18,19). The third kappa shape index (κ3) is 3.20. The molecule has 0 heterocycles. The summed E-state index contributed by atoms with van der Waals surface area (Å²) in [6.07, 6.45) is 0. The highest BCUT2D eigenvalue weighted by Crippen LogP contribution is 2.22. The summed E-state index contributed by atoms with van der Waals surface area (Å²) in [6.45, 7) is 1.95. The van der Waals surface area contributed by atoms with E-state index in [1.807, 2.05) is 37.3 Å². The molecule has 0 spiro atoms. The maximum atomic E-state index is 12.3. The first-order valence-corrected chi connectivity index (χ1v) is 7.37. The van der Waals surface area contributed by atoms with Crippen LogP contribution in [-0.4, -0.2) is 13.0 Å². The van der Waals surface area contributed by atoms with Crippen LogP contribution in [0.25, 0.3) is 0 Å². The van der Waals surface area contributed by atoms with Crippen molar-refractivity contribution in [3.05, 3.63) is 59.2 Å². The van der Waals surface area contributed by atoms with Gasteiger partial charge in [0.25, 0.3) is 5.91 Å². The highest BCUT2D eigenvalue weighted by atomic mass is 79.9. The zero-order valence-corrected chi connectivity index (χ0v) is 13.0. The molecule has 0 aliphatic heterocycles. The Hall–Kier alpha value is -1.81. The second-order valence-electron chi connectivity index (χ2n) is 4.43. The average molecular weight is 334 g/mol. The van der Waals surface area contributed by atoms with Crippen LogP contribution in [0, 0.1) is 6.92 Å². The highest BCUT2D eigenvalue weighted by molar-refractivity contribution is 9.08. The molecule has 0 atom stereocenters. The number of halogens is 1. The molecule has 0 aliphatic rings. The number of hydrogen-bond donors (Lipinski definition) is 1. The molecule has 1 N–H and O–H groups in total. The Morgan fingerprint density at radius 2 is 2.00 bits per heavy atom. The predicted molar refractivity (Wildman–Crippen MR) is 84.8 cm³/mol. The molecule has 0 saturated heterocycles. The molecule has 20 heavy (non-hydrogen) atoms. The molecule has 0 radical (unpaired) electrons. The first-order chi connectivity index (χ1) is 9.65. The summed E-state index contributed by atoms with van der Waals surface area (Å²) >= 11 is 3.42. The largest absolute Gasteiger partial charge is 0.496 e. The predicted octanol–water partition coefficient (Wildman–Crippen LogP) is 4.15. The van der Waals surface area contributed by atoms with Crippen molar-refractivity contribution in [2.75, 3.05) is 12.4 Å². The number of anilines is 1. The molecular weight excluding hydrogens is 318 g/mol. The van der Waals surface area contributed by atoms with Crippen LogP contribution in [0.3, 0.4) is 0 Å². The van der Waals surface area contributed by atoms with Crippen LogP contribution in [0.15, 0.2) is 42.5 Å². The quantitative estimate of drug-likeness (QED) is 0.853. The minimum absolute atomic E-state index is 0.142. The van der Waals surface area contributed by atoms with Gasteiger partial charge in [-0.2, -0.15) is 0 Å². The van der Waals surface area contributed by atoms with Crippen LogP contribution in [-0.2, 0) is 5.33 Å². The van der Waals surface area contributed by atoms with E-state index in [1.165, 1.54) is 0 Å². The lowest BCUT2D eigenvalue weighted by atomic mass is 10.1. The highest BCUT2D eigenvalue weighted by Gasteiger charge is 2.10. The van der Waals surface area contributed by atoms with Gasteiger partial charge in [-0.3, -0.25) is 4.79 Å². The van der Waals surface area contributed by atoms with E-state index in [4.69, 9.17) is 4.74 Å². The molecule has 0 unspecified atom stereocenters. The number of benzene rings is 2. The normalized spacial score (nSPS) is 10.2. The van der Waals surface area contributed by atoms with Gasteiger partial charge >= 0.3 is 0 Å². The van der Waals surface area contributed by atoms with Gasteiger partial charge in [0.05, 0.1) is 7.11 Å². The van der Waals surface area contributed by atoms with Crippen molar-refractivity contribution in [1.82, 2.24) is 0 Å². The molecule has 2 rings (SSSR count). The zero-order chi connectivity index (χ0) is 14.5. The maximum Gasteiger partial charge on any atom is 0.255 e. The maximum absolute atomic E-state index is 12.3. The number of rotatable bonds is 4. The van der Waals surface area contributed by atoms with E-state index in [2.05, 4.69) is 21.2 Å². The van der Waals surface area contributed by atoms with Crippen molar-refractivity contribution in [1.29, 1.82) is 0 Å². The molecule has 2 aromatic carbocycles. The third-order valence-corrected chi connectivity index (χ3v) is 3.68. The monoisotopic (exact) mass is 333 g/mol. The van der Waals surface area contributed by atoms with Crippen molar-refractivity contribution in [2.45, 2.75) is 12.3 Å². The number of amides is 1. The van der Waals surface area contributed by atoms with E-state index < -0.39 is 0 Å². The molecule has 0 aliphatic carbocycles. The number of aryl methyl sites for hydroxylation is 1. The van der Waals surface area contributed by atoms with Gasteiger partial charge in [0.1, 0.15) is 5.75 Å². The van der Waals surface area contributed by atoms with Gasteiger partial charge in [0.2, 0.25) is 0 Å². The molecule has 0 bridgehead atoms. The molecule has 4 heteroatoms. The van der Waals surface area contributed by atoms with Crippen LogP contribution < -0.4 is 10.1 Å². The Kier molecular flexibility index (Phi) is 4.79. The summed E-state index contributed by atoms with van der Waals surface area (Å²) in [7, 11) is 1.60. The zero-order valence-electron chi connectivity index (χ0n) is 11.4. The lowest BCUT2D eigenvalue weighted by molar-refractivity contribution is 0.102. The molecule has 104 valence electrons. The summed E-state index contributed by atoms with van der Waals surface area (Å²) in [5.74, 6) is 0.572. The smallest absolute Gasteiger partial charge is 0.255 e. The van der Waals surface area contributed by atoms with Crippen LogP contribution in [0.2, 0.25) is 0 Å². The van der Waals surface area contributed by atoms with Gasteiger partial charge in [0.15, 0.2) is 0 Å². The van der Waals surface area contributed by atoms with E-state index >= 15 is 0 Å². The lowest BCUT2D eigenvalue weighted by Crippen LogP contribution is -2.13. The molecule has 2 aromatic rings. The minimum atomic E-state index is -0.142. The Bertz CT molecular complexity index is 626. The van der Waals surface area contributed by atoms with Gasteiger partial charge in [0, 0.05) is 16.6 Å². The van der Waals surface area contributed by atoms with Crippen LogP contribution in [0.4, 0.5) is 5.69 Å². The lowest BCUT2D eigenvalue weighted by Gasteiger charge is -2.11. The fraction of sp³-hybridized carbons (Fsp3) is 0.188. The first kappa shape index (κ1) is 14.6. The fourth-order valence-electron chi connectivity index (χ4n) is 1.91. The summed E-state index contributed by atoms with van der Waals surface area (Å²) in [5, 5.41) is 3.62. The van der Waals surface area contributed by atoms with E-state index in [-0.39, 0.29) is 5.91 Å². The number of hydrogen-bond acceptors (Lipinski definition) is 2. The second kappa shape index (κ2) is 6.57. The summed E-state index contributed by atoms with van der Waals surface area (Å²) in [6, 6.07) is 13.1. The number of para-hydroxylation sites is 1. The van der Waals surface area contributed by atoms with Gasteiger partial charge in [-0.15, -0.1) is 0 Å². The van der Waals surface area contributed by atoms with Crippen molar-refractivity contribution in [3.63, 3.8) is 0 Å². The van der Waals surface area contributed by atoms with Crippen LogP contribution in [0.5, 0.6) is 5.75 Å². The molecule has 0 fully saturated rings. The first-order valence-electron chi connectivity index (χ1n) is 6.25. The topological polar surface area (TPSA) is 38.3 Å². The van der Waals surface area contributed by atoms with Crippen molar-refractivity contribution < 1.29 is 9.53 Å². The molecule has 0 aromatic heterocycles. The van der Waals surface area contributed by atoms with E-state index in [0.29, 0.717) is 16.6 Å². The summed E-state index contributed by atoms with van der Waals surface area (Å²) < 4.78 is 5.24. The fourth-order valence-corrected chi connectivity index (χ4v) is 2.40. The SMILES string of the molecule is COc1cc(C(=O)Nc2ccccc2CBr)ccc1C. The molecule has 1 amide bonds. The van der Waals surface area contributed by atoms with Crippen molar-refractivity contribution >= 4 is 27.5 Å². The number of ether oxygens (including phenoxy) is 1. The Balaban J connectivity index is 2.24. The van der Waals surface area contributed by atoms with Gasteiger partial charge < -0.3 is 10.1 Å². The molecular formula is C16H16BrNO2. The number of nitrogens with one attached hydrogen (secondary N) is 1. The Morgan fingerprint density at radius 3 is 2.70 bits per heavy atom. The van der Waals surface area contributed by atoms with Crippen LogP contribution >= 0.6 is 15.9 Å². The van der Waals surface area contributed by atoms with E-state index in [1.54, 1.807) is 19.2 Å². The Morgan fingerprint density at radius 1 is 1.25 bits per heavy atom. The number of alkyl halides is 1. The van der Waals surface area contributed by atoms with Crippen molar-refractivity contribution in [3.8, 4) is 5.75 Å².